The van der Waals surface area contributed by atoms with E-state index in [1.54, 1.807) is 30.6 Å². The molecule has 0 saturated heterocycles. The van der Waals surface area contributed by atoms with Crippen molar-refractivity contribution in [2.24, 2.45) is 0 Å². The van der Waals surface area contributed by atoms with E-state index >= 15 is 0 Å². The molecule has 3 aromatic carbocycles. The van der Waals surface area contributed by atoms with Crippen LogP contribution in [-0.4, -0.2) is 25.1 Å². The van der Waals surface area contributed by atoms with Gasteiger partial charge in [-0.15, -0.1) is 0 Å². The van der Waals surface area contributed by atoms with Crippen LogP contribution < -0.4 is 5.32 Å². The highest BCUT2D eigenvalue weighted by molar-refractivity contribution is 5.98. The summed E-state index contributed by atoms with van der Waals surface area (Å²) in [5.41, 5.74) is 9.40. The van der Waals surface area contributed by atoms with Gasteiger partial charge in [0.2, 0.25) is 0 Å². The minimum Gasteiger partial charge on any atom is -0.356 e. The molecule has 3 heterocycles. The van der Waals surface area contributed by atoms with Crippen LogP contribution in [0.15, 0.2) is 122 Å². The number of hydrogen-bond donors (Lipinski definition) is 3. The summed E-state index contributed by atoms with van der Waals surface area (Å²) < 4.78 is 13.5. The molecule has 0 aliphatic carbocycles. The lowest BCUT2D eigenvalue weighted by Gasteiger charge is -2.12. The van der Waals surface area contributed by atoms with E-state index in [1.807, 2.05) is 49.4 Å². The second kappa shape index (κ2) is 10.9. The van der Waals surface area contributed by atoms with E-state index in [4.69, 9.17) is 4.98 Å². The Labute approximate surface area is 236 Å². The zero-order chi connectivity index (χ0) is 28.3. The summed E-state index contributed by atoms with van der Waals surface area (Å²) in [5, 5.41) is 12.0. The van der Waals surface area contributed by atoms with Gasteiger partial charge in [-0.2, -0.15) is 5.10 Å². The zero-order valence-electron chi connectivity index (χ0n) is 22.4. The number of benzene rings is 3. The van der Waals surface area contributed by atoms with Gasteiger partial charge in [0.05, 0.1) is 22.7 Å². The van der Waals surface area contributed by atoms with Gasteiger partial charge in [-0.05, 0) is 65.6 Å². The molecule has 0 spiro atoms. The summed E-state index contributed by atoms with van der Waals surface area (Å²) in [7, 11) is 0. The Kier molecular flexibility index (Phi) is 6.83. The van der Waals surface area contributed by atoms with Crippen LogP contribution in [0, 0.1) is 5.82 Å². The summed E-state index contributed by atoms with van der Waals surface area (Å²) >= 11 is 0. The number of nitrogens with zero attached hydrogens (tertiary/aromatic N) is 3. The summed E-state index contributed by atoms with van der Waals surface area (Å²) in [5.74, 6) is 0.327. The van der Waals surface area contributed by atoms with Gasteiger partial charge in [0, 0.05) is 28.5 Å². The number of allylic oxidation sites excluding steroid dienone is 4. The van der Waals surface area contributed by atoms with Crippen molar-refractivity contribution in [1.82, 2.24) is 30.5 Å². The maximum Gasteiger partial charge on any atom is 0.159 e. The van der Waals surface area contributed by atoms with Gasteiger partial charge in [-0.3, -0.25) is 10.1 Å². The molecule has 6 nitrogen and oxygen atoms in total. The first-order valence-corrected chi connectivity index (χ1v) is 13.1. The Morgan fingerprint density at radius 3 is 2.51 bits per heavy atom. The van der Waals surface area contributed by atoms with Crippen molar-refractivity contribution in [3.63, 3.8) is 0 Å². The molecule has 3 N–H and O–H groups in total. The highest BCUT2D eigenvalue weighted by Crippen LogP contribution is 2.32. The molecule has 7 heteroatoms. The van der Waals surface area contributed by atoms with Crippen molar-refractivity contribution in [3.05, 3.63) is 139 Å². The number of H-pyrrole nitrogens is 2. The monoisotopic (exact) mass is 538 g/mol. The van der Waals surface area contributed by atoms with Crippen LogP contribution in [0.2, 0.25) is 0 Å². The number of imidazole rings is 1. The van der Waals surface area contributed by atoms with E-state index in [9.17, 15) is 4.39 Å². The van der Waals surface area contributed by atoms with Gasteiger partial charge >= 0.3 is 0 Å². The Morgan fingerprint density at radius 2 is 1.76 bits per heavy atom. The van der Waals surface area contributed by atoms with Gasteiger partial charge in [0.25, 0.3) is 0 Å². The van der Waals surface area contributed by atoms with Crippen molar-refractivity contribution >= 4 is 33.2 Å². The summed E-state index contributed by atoms with van der Waals surface area (Å²) in [4.78, 5) is 12.6. The summed E-state index contributed by atoms with van der Waals surface area (Å²) in [6.07, 6.45) is 9.35. The zero-order valence-corrected chi connectivity index (χ0v) is 22.4. The fraction of sp³-hybridized carbons (Fsp3) is 0.0294. The first-order valence-electron chi connectivity index (χ1n) is 13.1. The number of pyridine rings is 1. The summed E-state index contributed by atoms with van der Waals surface area (Å²) in [6.45, 7) is 10.2. The maximum absolute atomic E-state index is 13.5. The van der Waals surface area contributed by atoms with Gasteiger partial charge in [0.1, 0.15) is 11.5 Å². The molecule has 0 saturated carbocycles. The number of fused-ring (bicyclic) bond motifs is 2. The third kappa shape index (κ3) is 5.08. The molecule has 0 aliphatic heterocycles. The maximum atomic E-state index is 13.5. The molecule has 200 valence electrons. The van der Waals surface area contributed by atoms with Gasteiger partial charge in [-0.1, -0.05) is 67.8 Å². The lowest BCUT2D eigenvalue weighted by Crippen LogP contribution is -2.09. The molecule has 0 aliphatic rings. The van der Waals surface area contributed by atoms with Crippen molar-refractivity contribution in [2.75, 3.05) is 0 Å². The highest BCUT2D eigenvalue weighted by Gasteiger charge is 2.16. The van der Waals surface area contributed by atoms with Crippen molar-refractivity contribution in [1.29, 1.82) is 0 Å². The number of hydrogen-bond acceptors (Lipinski definition) is 4. The molecular weight excluding hydrogens is 511 g/mol. The van der Waals surface area contributed by atoms with Crippen LogP contribution in [0.3, 0.4) is 0 Å². The molecule has 0 fully saturated rings. The molecule has 0 radical (unpaired) electrons. The quantitative estimate of drug-likeness (QED) is 0.171. The second-order valence-corrected chi connectivity index (χ2v) is 9.53. The fourth-order valence-corrected chi connectivity index (χ4v) is 4.79. The SMILES string of the molecule is C=C/C(=C\C(=C/C)c1ccc2[nH]nc(-c3nc4c(-c5ccc(F)cc5)cncc4[nH]3)c2c1)NC(=C)c1ccccc1. The Morgan fingerprint density at radius 1 is 0.951 bits per heavy atom. The third-order valence-electron chi connectivity index (χ3n) is 6.93. The van der Waals surface area contributed by atoms with Crippen LogP contribution in [0.5, 0.6) is 0 Å². The number of nitrogens with one attached hydrogen (secondary N) is 3. The first-order chi connectivity index (χ1) is 20.0. The minimum absolute atomic E-state index is 0.289. The molecule has 0 atom stereocenters. The number of aromatic amines is 2. The number of halogens is 1. The lowest BCUT2D eigenvalue weighted by atomic mass is 10.0. The van der Waals surface area contributed by atoms with Crippen molar-refractivity contribution < 1.29 is 4.39 Å². The predicted molar refractivity (Wildman–Crippen MR) is 165 cm³/mol. The predicted octanol–water partition coefficient (Wildman–Crippen LogP) is 8.04. The largest absolute Gasteiger partial charge is 0.356 e. The van der Waals surface area contributed by atoms with E-state index in [0.29, 0.717) is 11.5 Å². The molecule has 0 bridgehead atoms. The lowest BCUT2D eigenvalue weighted by molar-refractivity contribution is 0.628. The standard InChI is InChI=1S/C34H27FN6/c1-4-22(17-27(5-2)37-21(3)23-9-7-6-8-10-23)25-13-16-30-28(18-25)33(41-40-30)34-38-31-20-36-19-29(32(31)39-34)24-11-14-26(35)15-12-24/h4-20,37H,2-3H2,1H3,(H,38,39)(H,40,41)/b22-4+,27-17+. The molecular formula is C34H27FN6. The second-order valence-electron chi connectivity index (χ2n) is 9.53. The number of aromatic nitrogens is 5. The average molecular weight is 539 g/mol. The van der Waals surface area contributed by atoms with Crippen molar-refractivity contribution in [2.45, 2.75) is 6.92 Å². The topological polar surface area (TPSA) is 82.3 Å². The van der Waals surface area contributed by atoms with Crippen LogP contribution in [-0.2, 0) is 0 Å². The molecule has 6 aromatic rings. The van der Waals surface area contributed by atoms with E-state index in [-0.39, 0.29) is 5.82 Å². The Bertz CT molecular complexity index is 1960. The first kappa shape index (κ1) is 25.7. The van der Waals surface area contributed by atoms with Gasteiger partial charge in [-0.25, -0.2) is 9.37 Å². The molecule has 41 heavy (non-hydrogen) atoms. The van der Waals surface area contributed by atoms with Crippen LogP contribution in [0.25, 0.3) is 55.9 Å². The van der Waals surface area contributed by atoms with Crippen molar-refractivity contribution in [3.8, 4) is 22.6 Å². The smallest absolute Gasteiger partial charge is 0.159 e. The van der Waals surface area contributed by atoms with E-state index < -0.39 is 0 Å². The van der Waals surface area contributed by atoms with E-state index in [1.165, 1.54) is 12.1 Å². The van der Waals surface area contributed by atoms with Crippen LogP contribution in [0.4, 0.5) is 4.39 Å². The number of rotatable bonds is 8. The van der Waals surface area contributed by atoms with E-state index in [0.717, 1.165) is 61.2 Å². The fourth-order valence-electron chi connectivity index (χ4n) is 4.79. The Balaban J connectivity index is 1.36. The van der Waals surface area contributed by atoms with Crippen LogP contribution in [0.1, 0.15) is 18.1 Å². The van der Waals surface area contributed by atoms with E-state index in [2.05, 4.69) is 56.8 Å². The molecule has 6 rings (SSSR count). The molecule has 0 unspecified atom stereocenters. The summed E-state index contributed by atoms with van der Waals surface area (Å²) in [6, 6.07) is 22.4. The minimum atomic E-state index is -0.289. The van der Waals surface area contributed by atoms with Gasteiger partial charge < -0.3 is 10.3 Å². The highest BCUT2D eigenvalue weighted by atomic mass is 19.1. The normalized spacial score (nSPS) is 12.1. The molecule has 0 amide bonds. The molecule has 3 aromatic heterocycles. The third-order valence-corrected chi connectivity index (χ3v) is 6.93. The Hall–Kier alpha value is -5.56. The van der Waals surface area contributed by atoms with Crippen LogP contribution >= 0.6 is 0 Å². The van der Waals surface area contributed by atoms with Gasteiger partial charge in [0.15, 0.2) is 5.82 Å². The average Bonchev–Trinajstić information content (AvgIpc) is 3.64.